The van der Waals surface area contributed by atoms with Crippen molar-refractivity contribution in [3.05, 3.63) is 24.3 Å². The summed E-state index contributed by atoms with van der Waals surface area (Å²) < 4.78 is 28.4. The van der Waals surface area contributed by atoms with E-state index in [0.29, 0.717) is 18.7 Å². The summed E-state index contributed by atoms with van der Waals surface area (Å²) in [5, 5.41) is 0. The highest BCUT2D eigenvalue weighted by atomic mass is 32.2. The second-order valence-corrected chi connectivity index (χ2v) is 5.28. The molecule has 0 heterocycles. The minimum absolute atomic E-state index is 0.0645. The third-order valence-electron chi connectivity index (χ3n) is 2.02. The lowest BCUT2D eigenvalue weighted by Gasteiger charge is -2.06. The van der Waals surface area contributed by atoms with Crippen LogP contribution in [-0.4, -0.2) is 27.9 Å². The summed E-state index contributed by atoms with van der Waals surface area (Å²) in [6.07, 6.45) is 0.479. The quantitative estimate of drug-likeness (QED) is 0.606. The van der Waals surface area contributed by atoms with Gasteiger partial charge in [-0.15, -0.1) is 0 Å². The highest BCUT2D eigenvalue weighted by Gasteiger charge is 2.16. The first-order valence-electron chi connectivity index (χ1n) is 4.64. The number of hydrogen-bond acceptors (Lipinski definition) is 4. The molecule has 0 unspecified atom stereocenters. The molecule has 15 heavy (non-hydrogen) atoms. The summed E-state index contributed by atoms with van der Waals surface area (Å²) in [5.74, 6) is 0.0645. The number of ether oxygens (including phenoxy) is 1. The van der Waals surface area contributed by atoms with Gasteiger partial charge in [0, 0.05) is 13.7 Å². The molecule has 1 rings (SSSR count). The lowest BCUT2D eigenvalue weighted by atomic mass is 10.3. The number of methoxy groups -OCH3 is 1. The Morgan fingerprint density at radius 3 is 2.60 bits per heavy atom. The molecule has 0 aliphatic heterocycles. The van der Waals surface area contributed by atoms with Crippen LogP contribution in [0.15, 0.2) is 29.2 Å². The summed E-state index contributed by atoms with van der Waals surface area (Å²) in [7, 11) is -1.72. The Hall–Kier alpha value is -1.07. The molecule has 0 atom stereocenters. The van der Waals surface area contributed by atoms with Gasteiger partial charge in [-0.05, 0) is 18.6 Å². The van der Waals surface area contributed by atoms with Crippen LogP contribution < -0.4 is 5.73 Å². The fourth-order valence-electron chi connectivity index (χ4n) is 1.27. The van der Waals surface area contributed by atoms with Crippen molar-refractivity contribution in [2.75, 3.05) is 25.2 Å². The van der Waals surface area contributed by atoms with E-state index in [1.54, 1.807) is 25.3 Å². The molecule has 4 nitrogen and oxygen atoms in total. The van der Waals surface area contributed by atoms with Crippen molar-refractivity contribution in [3.63, 3.8) is 0 Å². The first-order chi connectivity index (χ1) is 7.08. The van der Waals surface area contributed by atoms with Crippen LogP contribution in [-0.2, 0) is 14.6 Å². The van der Waals surface area contributed by atoms with Crippen molar-refractivity contribution in [1.82, 2.24) is 0 Å². The van der Waals surface area contributed by atoms with E-state index < -0.39 is 9.84 Å². The Morgan fingerprint density at radius 1 is 1.33 bits per heavy atom. The Bertz CT molecular complexity index is 414. The zero-order valence-corrected chi connectivity index (χ0v) is 9.46. The van der Waals surface area contributed by atoms with E-state index in [1.165, 1.54) is 6.07 Å². The van der Waals surface area contributed by atoms with Gasteiger partial charge in [-0.1, -0.05) is 12.1 Å². The maximum absolute atomic E-state index is 11.8. The molecule has 0 bridgehead atoms. The summed E-state index contributed by atoms with van der Waals surface area (Å²) in [6.45, 7) is 0.436. The first kappa shape index (κ1) is 12.0. The number of anilines is 1. The Kier molecular flexibility index (Phi) is 4.11. The molecule has 0 radical (unpaired) electrons. The fraction of sp³-hybridized carbons (Fsp3) is 0.400. The average Bonchev–Trinajstić information content (AvgIpc) is 2.18. The van der Waals surface area contributed by atoms with Crippen molar-refractivity contribution in [1.29, 1.82) is 0 Å². The van der Waals surface area contributed by atoms with Gasteiger partial charge >= 0.3 is 0 Å². The van der Waals surface area contributed by atoms with E-state index in [1.807, 2.05) is 0 Å². The molecule has 0 aliphatic carbocycles. The second kappa shape index (κ2) is 5.14. The zero-order chi connectivity index (χ0) is 11.3. The van der Waals surface area contributed by atoms with Crippen molar-refractivity contribution >= 4 is 15.5 Å². The molecule has 84 valence electrons. The predicted molar refractivity (Wildman–Crippen MR) is 59.4 cm³/mol. The van der Waals surface area contributed by atoms with Crippen LogP contribution >= 0.6 is 0 Å². The normalized spacial score (nSPS) is 11.5. The average molecular weight is 229 g/mol. The highest BCUT2D eigenvalue weighted by molar-refractivity contribution is 7.91. The summed E-state index contributed by atoms with van der Waals surface area (Å²) in [6, 6.07) is 6.49. The van der Waals surface area contributed by atoms with Gasteiger partial charge in [0.05, 0.1) is 16.3 Å². The second-order valence-electron chi connectivity index (χ2n) is 3.20. The minimum Gasteiger partial charge on any atom is -0.398 e. The molecule has 0 saturated carbocycles. The molecule has 0 aromatic heterocycles. The van der Waals surface area contributed by atoms with Crippen LogP contribution in [0, 0.1) is 0 Å². The van der Waals surface area contributed by atoms with Gasteiger partial charge in [-0.3, -0.25) is 0 Å². The van der Waals surface area contributed by atoms with Crippen LogP contribution in [0.3, 0.4) is 0 Å². The van der Waals surface area contributed by atoms with Crippen molar-refractivity contribution in [2.45, 2.75) is 11.3 Å². The molecular formula is C10H15NO3S. The number of rotatable bonds is 5. The topological polar surface area (TPSA) is 69.4 Å². The Labute approximate surface area is 90.0 Å². The molecule has 0 aliphatic rings. The van der Waals surface area contributed by atoms with Crippen LogP contribution in [0.1, 0.15) is 6.42 Å². The van der Waals surface area contributed by atoms with E-state index >= 15 is 0 Å². The minimum atomic E-state index is -3.27. The molecule has 0 amide bonds. The molecule has 2 N–H and O–H groups in total. The standard InChI is InChI=1S/C10H15NO3S/c1-14-7-4-8-15(12,13)10-6-3-2-5-9(10)11/h2-3,5-6H,4,7-8,11H2,1H3. The van der Waals surface area contributed by atoms with Gasteiger partial charge < -0.3 is 10.5 Å². The fourth-order valence-corrected chi connectivity index (χ4v) is 2.70. The smallest absolute Gasteiger partial charge is 0.180 e. The van der Waals surface area contributed by atoms with Crippen molar-refractivity contribution < 1.29 is 13.2 Å². The van der Waals surface area contributed by atoms with Crippen LogP contribution in [0.2, 0.25) is 0 Å². The molecule has 0 fully saturated rings. The Morgan fingerprint density at radius 2 is 2.00 bits per heavy atom. The third kappa shape index (κ3) is 3.21. The summed E-state index contributed by atoms with van der Waals surface area (Å²) >= 11 is 0. The van der Waals surface area contributed by atoms with E-state index in [0.717, 1.165) is 0 Å². The predicted octanol–water partition coefficient (Wildman–Crippen LogP) is 1.08. The van der Waals surface area contributed by atoms with Crippen LogP contribution in [0.5, 0.6) is 0 Å². The monoisotopic (exact) mass is 229 g/mol. The first-order valence-corrected chi connectivity index (χ1v) is 6.29. The number of nitrogen functional groups attached to an aromatic ring is 1. The third-order valence-corrected chi connectivity index (χ3v) is 3.88. The highest BCUT2D eigenvalue weighted by Crippen LogP contribution is 2.19. The SMILES string of the molecule is COCCCS(=O)(=O)c1ccccc1N. The maximum Gasteiger partial charge on any atom is 0.180 e. The summed E-state index contributed by atoms with van der Waals surface area (Å²) in [5.41, 5.74) is 5.90. The molecule has 5 heteroatoms. The molecule has 0 spiro atoms. The van der Waals surface area contributed by atoms with Gasteiger partial charge in [-0.25, -0.2) is 8.42 Å². The molecular weight excluding hydrogens is 214 g/mol. The number of sulfone groups is 1. The molecule has 1 aromatic carbocycles. The van der Waals surface area contributed by atoms with Crippen molar-refractivity contribution in [3.8, 4) is 0 Å². The van der Waals surface area contributed by atoms with E-state index in [4.69, 9.17) is 10.5 Å². The lowest BCUT2D eigenvalue weighted by molar-refractivity contribution is 0.199. The summed E-state index contributed by atoms with van der Waals surface area (Å²) in [4.78, 5) is 0.209. The van der Waals surface area contributed by atoms with Gasteiger partial charge in [0.25, 0.3) is 0 Å². The van der Waals surface area contributed by atoms with Crippen molar-refractivity contribution in [2.24, 2.45) is 0 Å². The number of para-hydroxylation sites is 1. The molecule has 1 aromatic rings. The zero-order valence-electron chi connectivity index (χ0n) is 8.64. The van der Waals surface area contributed by atoms with Crippen LogP contribution in [0.25, 0.3) is 0 Å². The number of benzene rings is 1. The number of nitrogens with two attached hydrogens (primary N) is 1. The Balaban J connectivity index is 2.83. The van der Waals surface area contributed by atoms with E-state index in [-0.39, 0.29) is 10.6 Å². The maximum atomic E-state index is 11.8. The lowest BCUT2D eigenvalue weighted by Crippen LogP contribution is -2.10. The van der Waals surface area contributed by atoms with Gasteiger partial charge in [0.15, 0.2) is 9.84 Å². The molecule has 0 saturated heterocycles. The van der Waals surface area contributed by atoms with E-state index in [9.17, 15) is 8.42 Å². The van der Waals surface area contributed by atoms with Gasteiger partial charge in [0.2, 0.25) is 0 Å². The van der Waals surface area contributed by atoms with Gasteiger partial charge in [0.1, 0.15) is 0 Å². The van der Waals surface area contributed by atoms with Gasteiger partial charge in [-0.2, -0.15) is 0 Å². The number of hydrogen-bond donors (Lipinski definition) is 1. The van der Waals surface area contributed by atoms with E-state index in [2.05, 4.69) is 0 Å². The largest absolute Gasteiger partial charge is 0.398 e. The van der Waals surface area contributed by atoms with Crippen LogP contribution in [0.4, 0.5) is 5.69 Å².